The molecule has 0 bridgehead atoms. The van der Waals surface area contributed by atoms with Gasteiger partial charge < -0.3 is 5.73 Å². The van der Waals surface area contributed by atoms with Crippen molar-refractivity contribution in [2.45, 2.75) is 56.1 Å². The maximum atomic E-state index is 6.00. The summed E-state index contributed by atoms with van der Waals surface area (Å²) in [4.78, 5) is 3.95. The zero-order valence-corrected chi connectivity index (χ0v) is 13.0. The summed E-state index contributed by atoms with van der Waals surface area (Å²) in [7, 11) is 0. The summed E-state index contributed by atoms with van der Waals surface area (Å²) in [6.45, 7) is 4.47. The van der Waals surface area contributed by atoms with Crippen LogP contribution in [0, 0.1) is 0 Å². The second-order valence-electron chi connectivity index (χ2n) is 5.48. The number of rotatable bonds is 5. The maximum absolute atomic E-state index is 6.00. The van der Waals surface area contributed by atoms with Crippen molar-refractivity contribution >= 4 is 11.8 Å². The predicted molar refractivity (Wildman–Crippen MR) is 84.5 cm³/mol. The van der Waals surface area contributed by atoms with Crippen molar-refractivity contribution in [2.24, 2.45) is 5.73 Å². The second kappa shape index (κ2) is 7.32. The van der Waals surface area contributed by atoms with Crippen molar-refractivity contribution in [1.82, 2.24) is 4.90 Å². The Hall–Kier alpha value is -0.510. The summed E-state index contributed by atoms with van der Waals surface area (Å²) < 4.78 is 0. The number of benzene rings is 1. The van der Waals surface area contributed by atoms with E-state index >= 15 is 0 Å². The minimum Gasteiger partial charge on any atom is -0.328 e. The molecule has 0 atom stereocenters. The highest BCUT2D eigenvalue weighted by Crippen LogP contribution is 2.24. The Kier molecular flexibility index (Phi) is 5.74. The molecule has 2 N–H and O–H groups in total. The van der Waals surface area contributed by atoms with Crippen LogP contribution in [0.5, 0.6) is 0 Å². The van der Waals surface area contributed by atoms with E-state index in [0.29, 0.717) is 6.04 Å². The summed E-state index contributed by atoms with van der Waals surface area (Å²) in [6.07, 6.45) is 7.02. The van der Waals surface area contributed by atoms with Gasteiger partial charge in [-0.2, -0.15) is 0 Å². The zero-order valence-electron chi connectivity index (χ0n) is 12.1. The van der Waals surface area contributed by atoms with Gasteiger partial charge in [-0.05, 0) is 56.2 Å². The normalized spacial score (nSPS) is 23.8. The van der Waals surface area contributed by atoms with E-state index in [1.807, 2.05) is 0 Å². The van der Waals surface area contributed by atoms with E-state index in [-0.39, 0.29) is 0 Å². The Bertz CT molecular complexity index is 369. The fraction of sp³-hybridized carbons (Fsp3) is 0.625. The highest BCUT2D eigenvalue weighted by Gasteiger charge is 2.23. The van der Waals surface area contributed by atoms with Gasteiger partial charge in [0.1, 0.15) is 0 Å². The molecule has 1 aliphatic rings. The van der Waals surface area contributed by atoms with Crippen molar-refractivity contribution < 1.29 is 0 Å². The van der Waals surface area contributed by atoms with Crippen LogP contribution in [0.2, 0.25) is 0 Å². The number of nitrogens with zero attached hydrogens (tertiary/aromatic N) is 1. The van der Waals surface area contributed by atoms with Crippen LogP contribution in [0.25, 0.3) is 0 Å². The van der Waals surface area contributed by atoms with Crippen molar-refractivity contribution in [2.75, 3.05) is 12.8 Å². The lowest BCUT2D eigenvalue weighted by Gasteiger charge is -2.35. The van der Waals surface area contributed by atoms with Gasteiger partial charge in [0, 0.05) is 23.5 Å². The Balaban J connectivity index is 1.94. The maximum Gasteiger partial charge on any atom is 0.0236 e. The molecule has 0 radical (unpaired) electrons. The van der Waals surface area contributed by atoms with E-state index in [4.69, 9.17) is 5.73 Å². The van der Waals surface area contributed by atoms with Gasteiger partial charge in [-0.25, -0.2) is 0 Å². The molecule has 2 rings (SSSR count). The largest absolute Gasteiger partial charge is 0.328 e. The molecule has 0 aromatic heterocycles. The Morgan fingerprint density at radius 2 is 1.79 bits per heavy atom. The van der Waals surface area contributed by atoms with Crippen molar-refractivity contribution in [1.29, 1.82) is 0 Å². The third-order valence-corrected chi connectivity index (χ3v) is 4.95. The molecular weight excluding hydrogens is 252 g/mol. The van der Waals surface area contributed by atoms with Gasteiger partial charge in [0.05, 0.1) is 0 Å². The minimum atomic E-state index is 0.441. The summed E-state index contributed by atoms with van der Waals surface area (Å²) >= 11 is 1.80. The predicted octanol–water partition coefficient (Wildman–Crippen LogP) is 3.50. The lowest BCUT2D eigenvalue weighted by molar-refractivity contribution is 0.149. The Morgan fingerprint density at radius 1 is 1.16 bits per heavy atom. The van der Waals surface area contributed by atoms with E-state index in [2.05, 4.69) is 42.3 Å². The quantitative estimate of drug-likeness (QED) is 0.836. The van der Waals surface area contributed by atoms with Gasteiger partial charge >= 0.3 is 0 Å². The van der Waals surface area contributed by atoms with Crippen LogP contribution >= 0.6 is 11.8 Å². The lowest BCUT2D eigenvalue weighted by Crippen LogP contribution is -2.40. The molecule has 1 saturated carbocycles. The topological polar surface area (TPSA) is 29.3 Å². The van der Waals surface area contributed by atoms with Crippen LogP contribution < -0.4 is 5.73 Å². The summed E-state index contributed by atoms with van der Waals surface area (Å²) in [5.41, 5.74) is 7.43. The first-order chi connectivity index (χ1) is 9.22. The third-order valence-electron chi connectivity index (χ3n) is 4.21. The van der Waals surface area contributed by atoms with Crippen molar-refractivity contribution in [3.05, 3.63) is 29.8 Å². The number of nitrogens with two attached hydrogens (primary N) is 1. The fourth-order valence-corrected chi connectivity index (χ4v) is 3.34. The Morgan fingerprint density at radius 3 is 2.32 bits per heavy atom. The molecular formula is C16H26N2S. The van der Waals surface area contributed by atoms with Gasteiger partial charge in [-0.1, -0.05) is 19.1 Å². The molecule has 2 nitrogen and oxygen atoms in total. The van der Waals surface area contributed by atoms with Crippen LogP contribution in [-0.2, 0) is 6.54 Å². The molecule has 3 heteroatoms. The molecule has 1 fully saturated rings. The highest BCUT2D eigenvalue weighted by molar-refractivity contribution is 7.98. The van der Waals surface area contributed by atoms with E-state index in [0.717, 1.165) is 19.1 Å². The van der Waals surface area contributed by atoms with Gasteiger partial charge in [-0.3, -0.25) is 4.90 Å². The summed E-state index contributed by atoms with van der Waals surface area (Å²) in [6, 6.07) is 10.2. The number of hydrogen-bond donors (Lipinski definition) is 1. The molecule has 1 aromatic rings. The van der Waals surface area contributed by atoms with Crippen molar-refractivity contribution in [3.63, 3.8) is 0 Å². The molecule has 106 valence electrons. The van der Waals surface area contributed by atoms with Crippen LogP contribution in [0.1, 0.15) is 38.2 Å². The molecule has 0 saturated heterocycles. The van der Waals surface area contributed by atoms with Crippen LogP contribution in [0.4, 0.5) is 0 Å². The van der Waals surface area contributed by atoms with E-state index in [9.17, 15) is 0 Å². The van der Waals surface area contributed by atoms with E-state index in [1.165, 1.54) is 36.1 Å². The lowest BCUT2D eigenvalue weighted by atomic mass is 9.90. The highest BCUT2D eigenvalue weighted by atomic mass is 32.2. The van der Waals surface area contributed by atoms with Gasteiger partial charge in [0.25, 0.3) is 0 Å². The number of thioether (sulfide) groups is 1. The van der Waals surface area contributed by atoms with Crippen LogP contribution in [-0.4, -0.2) is 29.8 Å². The Labute approximate surface area is 121 Å². The van der Waals surface area contributed by atoms with Gasteiger partial charge in [0.15, 0.2) is 0 Å². The fourth-order valence-electron chi connectivity index (χ4n) is 2.93. The van der Waals surface area contributed by atoms with Crippen LogP contribution in [0.15, 0.2) is 29.2 Å². The first-order valence-corrected chi connectivity index (χ1v) is 8.58. The van der Waals surface area contributed by atoms with E-state index < -0.39 is 0 Å². The molecule has 0 spiro atoms. The molecule has 1 aromatic carbocycles. The summed E-state index contributed by atoms with van der Waals surface area (Å²) in [5, 5.41) is 0. The minimum absolute atomic E-state index is 0.441. The first-order valence-electron chi connectivity index (χ1n) is 7.35. The summed E-state index contributed by atoms with van der Waals surface area (Å²) in [5.74, 6) is 0. The molecule has 0 amide bonds. The SMILES string of the molecule is CCN(Cc1ccc(SC)cc1)C1CCC(N)CC1. The van der Waals surface area contributed by atoms with E-state index in [1.54, 1.807) is 11.8 Å². The van der Waals surface area contributed by atoms with Gasteiger partial charge in [-0.15, -0.1) is 11.8 Å². The van der Waals surface area contributed by atoms with Crippen molar-refractivity contribution in [3.8, 4) is 0 Å². The molecule has 0 unspecified atom stereocenters. The third kappa shape index (κ3) is 4.23. The molecule has 0 heterocycles. The standard InChI is InChI=1S/C16H26N2S/c1-3-18(15-8-6-14(17)7-9-15)12-13-4-10-16(19-2)11-5-13/h4-5,10-11,14-15H,3,6-9,12,17H2,1-2H3. The smallest absolute Gasteiger partial charge is 0.0236 e. The average molecular weight is 278 g/mol. The van der Waals surface area contributed by atoms with Gasteiger partial charge in [0.2, 0.25) is 0 Å². The first kappa shape index (κ1) is 14.9. The number of hydrogen-bond acceptors (Lipinski definition) is 3. The zero-order chi connectivity index (χ0) is 13.7. The average Bonchev–Trinajstić information content (AvgIpc) is 2.46. The molecule has 1 aliphatic carbocycles. The second-order valence-corrected chi connectivity index (χ2v) is 6.36. The monoisotopic (exact) mass is 278 g/mol. The molecule has 0 aliphatic heterocycles. The molecule has 19 heavy (non-hydrogen) atoms. The van der Waals surface area contributed by atoms with Crippen LogP contribution in [0.3, 0.4) is 0 Å².